The number of aryl methyl sites for hydroxylation is 2. The Bertz CT molecular complexity index is 767. The maximum Gasteiger partial charge on any atom is 0.272 e. The van der Waals surface area contributed by atoms with Crippen LogP contribution in [0.4, 0.5) is 0 Å². The quantitative estimate of drug-likeness (QED) is 0.904. The molecule has 1 fully saturated rings. The van der Waals surface area contributed by atoms with E-state index >= 15 is 0 Å². The van der Waals surface area contributed by atoms with Gasteiger partial charge >= 0.3 is 0 Å². The summed E-state index contributed by atoms with van der Waals surface area (Å²) < 4.78 is 1.71. The van der Waals surface area contributed by atoms with E-state index in [1.54, 1.807) is 28.8 Å². The van der Waals surface area contributed by atoms with Gasteiger partial charge in [-0.05, 0) is 46.6 Å². The fourth-order valence-electron chi connectivity index (χ4n) is 3.15. The number of aliphatic hydroxyl groups is 1. The molecule has 3 rings (SSSR count). The summed E-state index contributed by atoms with van der Waals surface area (Å²) in [7, 11) is 0. The van der Waals surface area contributed by atoms with Crippen molar-refractivity contribution in [3.63, 3.8) is 0 Å². The van der Waals surface area contributed by atoms with Crippen molar-refractivity contribution in [2.24, 2.45) is 0 Å². The molecule has 2 aromatic rings. The van der Waals surface area contributed by atoms with Gasteiger partial charge in [-0.3, -0.25) is 4.79 Å². The number of carbonyl (C=O) groups is 1. The number of hydrogen-bond acceptors (Lipinski definition) is 6. The van der Waals surface area contributed by atoms with E-state index < -0.39 is 5.60 Å². The molecular weight excluding hydrogens is 320 g/mol. The third-order valence-electron chi connectivity index (χ3n) is 4.46. The topological polar surface area (TPSA) is 97.0 Å². The Kier molecular flexibility index (Phi) is 4.55. The van der Waals surface area contributed by atoms with E-state index in [1.165, 1.54) is 0 Å². The maximum atomic E-state index is 12.8. The van der Waals surface area contributed by atoms with Crippen LogP contribution in [0.2, 0.25) is 0 Å². The fraction of sp³-hybridized carbons (Fsp3) is 0.588. The predicted molar refractivity (Wildman–Crippen MR) is 90.9 cm³/mol. The first kappa shape index (κ1) is 17.5. The van der Waals surface area contributed by atoms with Gasteiger partial charge in [0.2, 0.25) is 0 Å². The highest BCUT2D eigenvalue weighted by molar-refractivity contribution is 5.92. The molecule has 25 heavy (non-hydrogen) atoms. The van der Waals surface area contributed by atoms with Crippen molar-refractivity contribution in [1.82, 2.24) is 29.9 Å². The van der Waals surface area contributed by atoms with E-state index in [1.807, 2.05) is 20.8 Å². The number of aromatic nitrogens is 5. The van der Waals surface area contributed by atoms with E-state index in [-0.39, 0.29) is 18.5 Å². The Balaban J connectivity index is 1.83. The van der Waals surface area contributed by atoms with Crippen molar-refractivity contribution >= 4 is 5.91 Å². The first-order chi connectivity index (χ1) is 11.8. The van der Waals surface area contributed by atoms with Crippen LogP contribution in [0, 0.1) is 13.8 Å². The highest BCUT2D eigenvalue weighted by atomic mass is 16.3. The van der Waals surface area contributed by atoms with E-state index in [2.05, 4.69) is 20.3 Å². The van der Waals surface area contributed by atoms with E-state index in [4.69, 9.17) is 0 Å². The second kappa shape index (κ2) is 6.51. The van der Waals surface area contributed by atoms with Crippen molar-refractivity contribution in [2.45, 2.75) is 52.2 Å². The lowest BCUT2D eigenvalue weighted by atomic mass is 9.90. The summed E-state index contributed by atoms with van der Waals surface area (Å²) in [6, 6.07) is 1.84. The zero-order valence-electron chi connectivity index (χ0n) is 15.1. The fourth-order valence-corrected chi connectivity index (χ4v) is 3.15. The molecular formula is C17H24N6O2. The number of carbonyl (C=O) groups excluding carboxylic acids is 1. The highest BCUT2D eigenvalue weighted by Gasteiger charge is 2.39. The Hall–Kier alpha value is -2.35. The van der Waals surface area contributed by atoms with Gasteiger partial charge in [0.25, 0.3) is 5.91 Å². The van der Waals surface area contributed by atoms with Gasteiger partial charge in [0.1, 0.15) is 22.8 Å². The summed E-state index contributed by atoms with van der Waals surface area (Å²) in [4.78, 5) is 22.9. The first-order valence-electron chi connectivity index (χ1n) is 8.55. The molecule has 0 spiro atoms. The number of rotatable bonds is 3. The molecule has 2 aromatic heterocycles. The molecule has 0 unspecified atom stereocenters. The monoisotopic (exact) mass is 344 g/mol. The molecule has 3 heterocycles. The van der Waals surface area contributed by atoms with Gasteiger partial charge in [-0.15, -0.1) is 5.10 Å². The lowest BCUT2D eigenvalue weighted by Gasteiger charge is -2.37. The second-order valence-electron chi connectivity index (χ2n) is 6.98. The van der Waals surface area contributed by atoms with Gasteiger partial charge in [0.05, 0.1) is 12.7 Å². The molecule has 0 aromatic carbocycles. The third-order valence-corrected chi connectivity index (χ3v) is 4.46. The number of likely N-dealkylation sites (tertiary alicyclic amines) is 1. The summed E-state index contributed by atoms with van der Waals surface area (Å²) >= 11 is 0. The van der Waals surface area contributed by atoms with Crippen LogP contribution in [0.5, 0.6) is 0 Å². The average Bonchev–Trinajstić information content (AvgIpc) is 3.04. The normalized spacial score (nSPS) is 21.0. The summed E-state index contributed by atoms with van der Waals surface area (Å²) in [5, 5.41) is 19.3. The van der Waals surface area contributed by atoms with Crippen LogP contribution in [0.1, 0.15) is 60.4 Å². The van der Waals surface area contributed by atoms with Crippen LogP contribution < -0.4 is 0 Å². The molecule has 0 radical (unpaired) electrons. The van der Waals surface area contributed by atoms with Crippen molar-refractivity contribution in [2.75, 3.05) is 13.1 Å². The van der Waals surface area contributed by atoms with Gasteiger partial charge in [0, 0.05) is 18.3 Å². The van der Waals surface area contributed by atoms with Gasteiger partial charge in [-0.2, -0.15) is 0 Å². The van der Waals surface area contributed by atoms with Crippen LogP contribution in [-0.4, -0.2) is 54.0 Å². The van der Waals surface area contributed by atoms with Crippen LogP contribution in [0.15, 0.2) is 12.3 Å². The van der Waals surface area contributed by atoms with Crippen molar-refractivity contribution in [1.29, 1.82) is 0 Å². The van der Waals surface area contributed by atoms with Crippen molar-refractivity contribution in [3.8, 4) is 0 Å². The molecule has 0 bridgehead atoms. The predicted octanol–water partition coefficient (Wildman–Crippen LogP) is 1.39. The zero-order valence-corrected chi connectivity index (χ0v) is 15.1. The smallest absolute Gasteiger partial charge is 0.272 e. The molecule has 1 atom stereocenters. The molecule has 8 nitrogen and oxygen atoms in total. The number of nitrogens with zero attached hydrogens (tertiary/aromatic N) is 6. The van der Waals surface area contributed by atoms with E-state index in [0.717, 1.165) is 5.69 Å². The third kappa shape index (κ3) is 3.53. The van der Waals surface area contributed by atoms with Gasteiger partial charge in [0.15, 0.2) is 0 Å². The first-order valence-corrected chi connectivity index (χ1v) is 8.55. The molecule has 134 valence electrons. The molecule has 1 saturated heterocycles. The summed E-state index contributed by atoms with van der Waals surface area (Å²) in [6.07, 6.45) is 3.01. The molecule has 1 amide bonds. The summed E-state index contributed by atoms with van der Waals surface area (Å²) in [5.41, 5.74) is 0.440. The van der Waals surface area contributed by atoms with Crippen LogP contribution in [0.25, 0.3) is 0 Å². The Morgan fingerprint density at radius 1 is 1.32 bits per heavy atom. The minimum absolute atomic E-state index is 0.165. The lowest BCUT2D eigenvalue weighted by molar-refractivity contribution is -0.0322. The number of hydrogen-bond donors (Lipinski definition) is 1. The van der Waals surface area contributed by atoms with E-state index in [9.17, 15) is 9.90 Å². The molecule has 1 aliphatic heterocycles. The molecule has 1 N–H and O–H groups in total. The SMILES string of the molecule is Cc1cc(C(=O)N2CCC[C@@](O)(c3cn(C(C)C)nn3)C2)nc(C)n1. The standard InChI is InChI=1S/C17H24N6O2/c1-11(2)23-9-15(20-21-23)17(25)6-5-7-22(10-17)16(24)14-8-12(3)18-13(4)19-14/h8-9,11,25H,5-7,10H2,1-4H3/t17-/m0/s1. The van der Waals surface area contributed by atoms with Crippen LogP contribution >= 0.6 is 0 Å². The number of β-amino-alcohol motifs (C(OH)–C–C–N with tert-alkyl or cyclic N) is 1. The average molecular weight is 344 g/mol. The Morgan fingerprint density at radius 3 is 2.72 bits per heavy atom. The summed E-state index contributed by atoms with van der Waals surface area (Å²) in [5.74, 6) is 0.374. The van der Waals surface area contributed by atoms with Gasteiger partial charge in [-0.1, -0.05) is 5.21 Å². The van der Waals surface area contributed by atoms with E-state index in [0.29, 0.717) is 36.6 Å². The van der Waals surface area contributed by atoms with Crippen molar-refractivity contribution in [3.05, 3.63) is 35.2 Å². The van der Waals surface area contributed by atoms with Gasteiger partial charge < -0.3 is 10.0 Å². The van der Waals surface area contributed by atoms with Crippen molar-refractivity contribution < 1.29 is 9.90 Å². The molecule has 1 aliphatic rings. The number of amides is 1. The largest absolute Gasteiger partial charge is 0.382 e. The second-order valence-corrected chi connectivity index (χ2v) is 6.98. The molecule has 0 saturated carbocycles. The zero-order chi connectivity index (χ0) is 18.2. The number of piperidine rings is 1. The Labute approximate surface area is 146 Å². The van der Waals surface area contributed by atoms with Crippen LogP contribution in [-0.2, 0) is 5.60 Å². The molecule has 8 heteroatoms. The Morgan fingerprint density at radius 2 is 2.08 bits per heavy atom. The maximum absolute atomic E-state index is 12.8. The lowest BCUT2D eigenvalue weighted by Crippen LogP contribution is -2.49. The highest BCUT2D eigenvalue weighted by Crippen LogP contribution is 2.31. The minimum atomic E-state index is -1.18. The minimum Gasteiger partial charge on any atom is -0.382 e. The van der Waals surface area contributed by atoms with Crippen LogP contribution in [0.3, 0.4) is 0 Å². The molecule has 0 aliphatic carbocycles. The van der Waals surface area contributed by atoms with Gasteiger partial charge in [-0.25, -0.2) is 14.6 Å². The summed E-state index contributed by atoms with van der Waals surface area (Å²) in [6.45, 7) is 8.37.